The summed E-state index contributed by atoms with van der Waals surface area (Å²) in [6, 6.07) is 0. The predicted octanol–water partition coefficient (Wildman–Crippen LogP) is 2.46. The Labute approximate surface area is 111 Å². The van der Waals surface area contributed by atoms with Gasteiger partial charge in [0.1, 0.15) is 0 Å². The van der Waals surface area contributed by atoms with Crippen molar-refractivity contribution in [2.24, 2.45) is 17.1 Å². The van der Waals surface area contributed by atoms with Crippen LogP contribution in [0.1, 0.15) is 58.8 Å². The molecule has 3 N–H and O–H groups in total. The SMILES string of the molecule is CCCC1CCC(CN)(C2(O)CCOC2C)CC1. The number of ether oxygens (including phenoxy) is 1. The highest BCUT2D eigenvalue weighted by Crippen LogP contribution is 2.51. The molecule has 1 heterocycles. The normalized spacial score (nSPS) is 45.3. The summed E-state index contributed by atoms with van der Waals surface area (Å²) >= 11 is 0. The molecule has 1 saturated carbocycles. The van der Waals surface area contributed by atoms with Gasteiger partial charge in [-0.1, -0.05) is 19.8 Å². The maximum absolute atomic E-state index is 11.0. The van der Waals surface area contributed by atoms with E-state index in [0.29, 0.717) is 13.2 Å². The Morgan fingerprint density at radius 1 is 1.28 bits per heavy atom. The topological polar surface area (TPSA) is 55.5 Å². The maximum Gasteiger partial charge on any atom is 0.0995 e. The number of hydrogen-bond acceptors (Lipinski definition) is 3. The molecule has 2 atom stereocenters. The van der Waals surface area contributed by atoms with Gasteiger partial charge in [-0.15, -0.1) is 0 Å². The van der Waals surface area contributed by atoms with Gasteiger partial charge in [-0.3, -0.25) is 0 Å². The Morgan fingerprint density at radius 2 is 1.94 bits per heavy atom. The average molecular weight is 255 g/mol. The Balaban J connectivity index is 2.08. The van der Waals surface area contributed by atoms with E-state index < -0.39 is 5.60 Å². The van der Waals surface area contributed by atoms with Gasteiger partial charge in [-0.2, -0.15) is 0 Å². The van der Waals surface area contributed by atoms with Gasteiger partial charge in [-0.05, 0) is 38.5 Å². The molecular formula is C15H29NO2. The van der Waals surface area contributed by atoms with Crippen molar-refractivity contribution in [3.8, 4) is 0 Å². The fraction of sp³-hybridized carbons (Fsp3) is 1.00. The maximum atomic E-state index is 11.0. The summed E-state index contributed by atoms with van der Waals surface area (Å²) in [4.78, 5) is 0. The molecule has 0 bridgehead atoms. The Hall–Kier alpha value is -0.120. The van der Waals surface area contributed by atoms with Crippen LogP contribution in [-0.2, 0) is 4.74 Å². The Kier molecular flexibility index (Phi) is 4.35. The molecule has 0 amide bonds. The smallest absolute Gasteiger partial charge is 0.0995 e. The molecule has 1 aliphatic heterocycles. The minimum Gasteiger partial charge on any atom is -0.386 e. The second-order valence-electron chi connectivity index (χ2n) is 6.40. The summed E-state index contributed by atoms with van der Waals surface area (Å²) < 4.78 is 5.62. The van der Waals surface area contributed by atoms with E-state index in [9.17, 15) is 5.11 Å². The molecule has 2 fully saturated rings. The minimum atomic E-state index is -0.696. The highest BCUT2D eigenvalue weighted by molar-refractivity contribution is 5.07. The number of aliphatic hydroxyl groups is 1. The lowest BCUT2D eigenvalue weighted by molar-refractivity contribution is -0.136. The second-order valence-corrected chi connectivity index (χ2v) is 6.40. The summed E-state index contributed by atoms with van der Waals surface area (Å²) in [6.07, 6.45) is 7.86. The van der Waals surface area contributed by atoms with Crippen LogP contribution in [0.2, 0.25) is 0 Å². The molecule has 2 unspecified atom stereocenters. The molecule has 0 aromatic rings. The third kappa shape index (κ3) is 2.21. The van der Waals surface area contributed by atoms with Gasteiger partial charge >= 0.3 is 0 Å². The van der Waals surface area contributed by atoms with Crippen LogP contribution < -0.4 is 5.73 Å². The van der Waals surface area contributed by atoms with E-state index in [-0.39, 0.29) is 11.5 Å². The standard InChI is InChI=1S/C15H29NO2/c1-3-4-13-5-7-14(11-16,8-6-13)15(17)9-10-18-12(15)2/h12-13,17H,3-11,16H2,1-2H3. The number of hydrogen-bond donors (Lipinski definition) is 2. The molecule has 0 radical (unpaired) electrons. The highest BCUT2D eigenvalue weighted by Gasteiger charge is 2.56. The molecule has 0 aromatic heterocycles. The minimum absolute atomic E-state index is 0.0659. The Morgan fingerprint density at radius 3 is 2.39 bits per heavy atom. The lowest BCUT2D eigenvalue weighted by Crippen LogP contribution is -2.57. The molecular weight excluding hydrogens is 226 g/mol. The molecule has 0 spiro atoms. The summed E-state index contributed by atoms with van der Waals surface area (Å²) in [5.41, 5.74) is 5.27. The highest BCUT2D eigenvalue weighted by atomic mass is 16.5. The monoisotopic (exact) mass is 255 g/mol. The third-order valence-corrected chi connectivity index (χ3v) is 5.59. The van der Waals surface area contributed by atoms with Crippen LogP contribution in [0.25, 0.3) is 0 Å². The first kappa shape index (κ1) is 14.3. The fourth-order valence-electron chi connectivity index (χ4n) is 4.17. The molecule has 2 aliphatic rings. The molecule has 18 heavy (non-hydrogen) atoms. The lowest BCUT2D eigenvalue weighted by Gasteiger charge is -2.50. The van der Waals surface area contributed by atoms with Crippen molar-refractivity contribution in [3.05, 3.63) is 0 Å². The zero-order valence-electron chi connectivity index (χ0n) is 12.0. The molecule has 1 aliphatic carbocycles. The Bertz CT molecular complexity index is 274. The van der Waals surface area contributed by atoms with Gasteiger partial charge in [0, 0.05) is 25.0 Å². The van der Waals surface area contributed by atoms with Crippen molar-refractivity contribution in [3.63, 3.8) is 0 Å². The van der Waals surface area contributed by atoms with Crippen molar-refractivity contribution in [2.45, 2.75) is 70.5 Å². The van der Waals surface area contributed by atoms with Crippen LogP contribution in [-0.4, -0.2) is 30.0 Å². The fourth-order valence-corrected chi connectivity index (χ4v) is 4.17. The largest absolute Gasteiger partial charge is 0.386 e. The quantitative estimate of drug-likeness (QED) is 0.811. The van der Waals surface area contributed by atoms with E-state index in [1.54, 1.807) is 0 Å². The van der Waals surface area contributed by atoms with Crippen molar-refractivity contribution in [1.29, 1.82) is 0 Å². The summed E-state index contributed by atoms with van der Waals surface area (Å²) in [5.74, 6) is 0.843. The van der Waals surface area contributed by atoms with Crippen LogP contribution in [0.5, 0.6) is 0 Å². The summed E-state index contributed by atoms with van der Waals surface area (Å²) in [7, 11) is 0. The van der Waals surface area contributed by atoms with Crippen LogP contribution in [0.4, 0.5) is 0 Å². The number of rotatable bonds is 4. The van der Waals surface area contributed by atoms with E-state index in [1.165, 1.54) is 25.7 Å². The van der Waals surface area contributed by atoms with Crippen molar-refractivity contribution in [1.82, 2.24) is 0 Å². The van der Waals surface area contributed by atoms with Crippen molar-refractivity contribution < 1.29 is 9.84 Å². The number of nitrogens with two attached hydrogens (primary N) is 1. The first-order valence-electron chi connectivity index (χ1n) is 7.62. The molecule has 1 saturated heterocycles. The van der Waals surface area contributed by atoms with Gasteiger partial charge < -0.3 is 15.6 Å². The lowest BCUT2D eigenvalue weighted by atomic mass is 9.59. The van der Waals surface area contributed by atoms with E-state index in [1.807, 2.05) is 6.92 Å². The van der Waals surface area contributed by atoms with Gasteiger partial charge in [0.05, 0.1) is 11.7 Å². The zero-order chi connectivity index (χ0) is 13.2. The first-order chi connectivity index (χ1) is 8.58. The van der Waals surface area contributed by atoms with Gasteiger partial charge in [0.25, 0.3) is 0 Å². The van der Waals surface area contributed by atoms with E-state index >= 15 is 0 Å². The van der Waals surface area contributed by atoms with E-state index in [4.69, 9.17) is 10.5 Å². The van der Waals surface area contributed by atoms with Gasteiger partial charge in [0.15, 0.2) is 0 Å². The van der Waals surface area contributed by atoms with Crippen LogP contribution in [0.15, 0.2) is 0 Å². The molecule has 2 rings (SSSR count). The third-order valence-electron chi connectivity index (χ3n) is 5.59. The summed E-state index contributed by atoms with van der Waals surface area (Å²) in [5, 5.41) is 11.0. The van der Waals surface area contributed by atoms with Crippen LogP contribution in [0.3, 0.4) is 0 Å². The van der Waals surface area contributed by atoms with Crippen molar-refractivity contribution >= 4 is 0 Å². The van der Waals surface area contributed by atoms with E-state index in [2.05, 4.69) is 6.92 Å². The van der Waals surface area contributed by atoms with E-state index in [0.717, 1.165) is 25.2 Å². The van der Waals surface area contributed by atoms with Crippen molar-refractivity contribution in [2.75, 3.05) is 13.2 Å². The predicted molar refractivity (Wildman–Crippen MR) is 73.3 cm³/mol. The molecule has 3 nitrogen and oxygen atoms in total. The average Bonchev–Trinajstić information content (AvgIpc) is 2.73. The summed E-state index contributed by atoms with van der Waals surface area (Å²) in [6.45, 7) is 5.53. The molecule has 0 aromatic carbocycles. The first-order valence-corrected chi connectivity index (χ1v) is 7.62. The van der Waals surface area contributed by atoms with Gasteiger partial charge in [0.2, 0.25) is 0 Å². The van der Waals surface area contributed by atoms with Gasteiger partial charge in [-0.25, -0.2) is 0 Å². The second kappa shape index (κ2) is 5.48. The van der Waals surface area contributed by atoms with Crippen LogP contribution in [0, 0.1) is 11.3 Å². The molecule has 3 heteroatoms. The van der Waals surface area contributed by atoms with Crippen LogP contribution >= 0.6 is 0 Å². The molecule has 106 valence electrons. The zero-order valence-corrected chi connectivity index (χ0v) is 12.0.